The van der Waals surface area contributed by atoms with Gasteiger partial charge in [0.25, 0.3) is 5.56 Å². The summed E-state index contributed by atoms with van der Waals surface area (Å²) in [5.41, 5.74) is 7.68. The van der Waals surface area contributed by atoms with Gasteiger partial charge >= 0.3 is 0 Å². The van der Waals surface area contributed by atoms with Gasteiger partial charge in [-0.15, -0.1) is 0 Å². The van der Waals surface area contributed by atoms with Crippen LogP contribution in [0.2, 0.25) is 0 Å². The standard InChI is InChI=1S/C17H16N4O/c18-14-16(19-11-20-17(14)22)21-15(12-7-3-1-4-8-12)13-9-5-2-6-10-13/h1-11,15H,18H2,(H2,19,20,21,22). The van der Waals surface area contributed by atoms with E-state index in [1.807, 2.05) is 60.7 Å². The van der Waals surface area contributed by atoms with Crippen molar-refractivity contribution in [3.8, 4) is 0 Å². The molecule has 0 aliphatic carbocycles. The summed E-state index contributed by atoms with van der Waals surface area (Å²) < 4.78 is 0. The molecule has 5 heteroatoms. The van der Waals surface area contributed by atoms with E-state index in [-0.39, 0.29) is 17.3 Å². The molecule has 2 aromatic carbocycles. The Bertz CT molecular complexity index is 760. The Kier molecular flexibility index (Phi) is 3.87. The average molecular weight is 292 g/mol. The molecule has 5 nitrogen and oxygen atoms in total. The smallest absolute Gasteiger partial charge is 0.276 e. The lowest BCUT2D eigenvalue weighted by molar-refractivity contribution is 0.921. The van der Waals surface area contributed by atoms with Crippen LogP contribution in [0.15, 0.2) is 71.8 Å². The Hall–Kier alpha value is -3.08. The molecule has 3 rings (SSSR count). The van der Waals surface area contributed by atoms with Crippen LogP contribution in [0.1, 0.15) is 17.2 Å². The number of benzene rings is 2. The van der Waals surface area contributed by atoms with Gasteiger partial charge < -0.3 is 16.0 Å². The summed E-state index contributed by atoms with van der Waals surface area (Å²) in [6, 6.07) is 19.8. The number of H-pyrrole nitrogens is 1. The lowest BCUT2D eigenvalue weighted by Crippen LogP contribution is -2.19. The number of aromatic nitrogens is 2. The molecule has 110 valence electrons. The van der Waals surface area contributed by atoms with Crippen molar-refractivity contribution in [3.63, 3.8) is 0 Å². The van der Waals surface area contributed by atoms with Gasteiger partial charge in [-0.05, 0) is 11.1 Å². The van der Waals surface area contributed by atoms with E-state index in [0.29, 0.717) is 5.82 Å². The predicted molar refractivity (Wildman–Crippen MR) is 87.6 cm³/mol. The van der Waals surface area contributed by atoms with E-state index in [1.54, 1.807) is 0 Å². The third kappa shape index (κ3) is 2.83. The van der Waals surface area contributed by atoms with E-state index < -0.39 is 0 Å². The van der Waals surface area contributed by atoms with E-state index in [0.717, 1.165) is 11.1 Å². The molecule has 0 spiro atoms. The van der Waals surface area contributed by atoms with Gasteiger partial charge in [0.05, 0.1) is 12.4 Å². The molecule has 0 fully saturated rings. The van der Waals surface area contributed by atoms with Crippen LogP contribution in [0.3, 0.4) is 0 Å². The SMILES string of the molecule is Nc1c(NC(c2ccccc2)c2ccccc2)nc[nH]c1=O. The molecule has 0 saturated heterocycles. The molecular weight excluding hydrogens is 276 g/mol. The first-order chi connectivity index (χ1) is 10.8. The van der Waals surface area contributed by atoms with Crippen molar-refractivity contribution in [2.24, 2.45) is 0 Å². The Morgan fingerprint density at radius 1 is 0.955 bits per heavy atom. The number of aromatic amines is 1. The number of nitrogen functional groups attached to an aromatic ring is 1. The fourth-order valence-electron chi connectivity index (χ4n) is 2.31. The van der Waals surface area contributed by atoms with Gasteiger partial charge in [0.2, 0.25) is 0 Å². The summed E-state index contributed by atoms with van der Waals surface area (Å²) in [4.78, 5) is 18.2. The zero-order chi connectivity index (χ0) is 15.4. The number of hydrogen-bond acceptors (Lipinski definition) is 4. The summed E-state index contributed by atoms with van der Waals surface area (Å²) >= 11 is 0. The van der Waals surface area contributed by atoms with Crippen molar-refractivity contribution < 1.29 is 0 Å². The summed E-state index contributed by atoms with van der Waals surface area (Å²) in [7, 11) is 0. The molecule has 0 saturated carbocycles. The minimum Gasteiger partial charge on any atom is -0.391 e. The minimum absolute atomic E-state index is 0.0827. The molecule has 0 amide bonds. The molecule has 4 N–H and O–H groups in total. The van der Waals surface area contributed by atoms with E-state index in [1.165, 1.54) is 6.33 Å². The molecule has 0 aliphatic heterocycles. The molecule has 0 unspecified atom stereocenters. The van der Waals surface area contributed by atoms with Gasteiger partial charge in [-0.2, -0.15) is 0 Å². The second kappa shape index (κ2) is 6.13. The maximum Gasteiger partial charge on any atom is 0.276 e. The van der Waals surface area contributed by atoms with E-state index in [9.17, 15) is 4.79 Å². The summed E-state index contributed by atoms with van der Waals surface area (Å²) in [5, 5.41) is 3.26. The van der Waals surface area contributed by atoms with Gasteiger partial charge in [-0.3, -0.25) is 4.79 Å². The third-order valence-electron chi connectivity index (χ3n) is 3.44. The first kappa shape index (κ1) is 13.9. The Morgan fingerprint density at radius 3 is 2.05 bits per heavy atom. The normalized spacial score (nSPS) is 10.6. The zero-order valence-electron chi connectivity index (χ0n) is 11.9. The van der Waals surface area contributed by atoms with Crippen LogP contribution in [-0.4, -0.2) is 9.97 Å². The highest BCUT2D eigenvalue weighted by Gasteiger charge is 2.16. The summed E-state index contributed by atoms with van der Waals surface area (Å²) in [6.45, 7) is 0. The second-order valence-corrected chi connectivity index (χ2v) is 4.89. The number of nitrogens with zero attached hydrogens (tertiary/aromatic N) is 1. The molecule has 0 radical (unpaired) electrons. The molecular formula is C17H16N4O. The fourth-order valence-corrected chi connectivity index (χ4v) is 2.31. The van der Waals surface area contributed by atoms with Crippen LogP contribution < -0.4 is 16.6 Å². The lowest BCUT2D eigenvalue weighted by Gasteiger charge is -2.21. The van der Waals surface area contributed by atoms with Gasteiger partial charge in [-0.1, -0.05) is 60.7 Å². The molecule has 0 atom stereocenters. The maximum atomic E-state index is 11.6. The lowest BCUT2D eigenvalue weighted by atomic mass is 9.99. The Balaban J connectivity index is 2.03. The van der Waals surface area contributed by atoms with Crippen LogP contribution in [-0.2, 0) is 0 Å². The quantitative estimate of drug-likeness (QED) is 0.690. The van der Waals surface area contributed by atoms with Crippen LogP contribution in [0.25, 0.3) is 0 Å². The third-order valence-corrected chi connectivity index (χ3v) is 3.44. The number of hydrogen-bond donors (Lipinski definition) is 3. The van der Waals surface area contributed by atoms with E-state index in [4.69, 9.17) is 5.73 Å². The van der Waals surface area contributed by atoms with E-state index in [2.05, 4.69) is 15.3 Å². The number of anilines is 2. The summed E-state index contributed by atoms with van der Waals surface area (Å²) in [5.74, 6) is 0.376. The Labute approximate surface area is 127 Å². The molecule has 0 aliphatic rings. The van der Waals surface area contributed by atoms with E-state index >= 15 is 0 Å². The first-order valence-electron chi connectivity index (χ1n) is 6.95. The second-order valence-electron chi connectivity index (χ2n) is 4.89. The molecule has 1 aromatic heterocycles. The Morgan fingerprint density at radius 2 is 1.50 bits per heavy atom. The first-order valence-corrected chi connectivity index (χ1v) is 6.95. The largest absolute Gasteiger partial charge is 0.391 e. The number of rotatable bonds is 4. The van der Waals surface area contributed by atoms with Crippen LogP contribution >= 0.6 is 0 Å². The zero-order valence-corrected chi connectivity index (χ0v) is 11.9. The van der Waals surface area contributed by atoms with Crippen molar-refractivity contribution in [1.29, 1.82) is 0 Å². The van der Waals surface area contributed by atoms with Crippen molar-refractivity contribution in [3.05, 3.63) is 88.5 Å². The van der Waals surface area contributed by atoms with Gasteiger partial charge in [0.1, 0.15) is 5.69 Å². The van der Waals surface area contributed by atoms with Crippen molar-refractivity contribution in [2.75, 3.05) is 11.1 Å². The van der Waals surface area contributed by atoms with Crippen LogP contribution in [0, 0.1) is 0 Å². The van der Waals surface area contributed by atoms with Crippen molar-refractivity contribution in [2.45, 2.75) is 6.04 Å². The van der Waals surface area contributed by atoms with Crippen molar-refractivity contribution >= 4 is 11.5 Å². The topological polar surface area (TPSA) is 83.8 Å². The minimum atomic E-state index is -0.350. The van der Waals surface area contributed by atoms with Crippen LogP contribution in [0.4, 0.5) is 11.5 Å². The maximum absolute atomic E-state index is 11.6. The highest BCUT2D eigenvalue weighted by molar-refractivity contribution is 5.61. The number of nitrogens with one attached hydrogen (secondary N) is 2. The molecule has 22 heavy (non-hydrogen) atoms. The van der Waals surface area contributed by atoms with Crippen molar-refractivity contribution in [1.82, 2.24) is 9.97 Å². The van der Waals surface area contributed by atoms with Gasteiger partial charge in [0.15, 0.2) is 5.82 Å². The van der Waals surface area contributed by atoms with Crippen LogP contribution in [0.5, 0.6) is 0 Å². The number of nitrogens with two attached hydrogens (primary N) is 1. The monoisotopic (exact) mass is 292 g/mol. The van der Waals surface area contributed by atoms with Gasteiger partial charge in [0, 0.05) is 0 Å². The average Bonchev–Trinajstić information content (AvgIpc) is 2.58. The summed E-state index contributed by atoms with van der Waals surface area (Å²) in [6.07, 6.45) is 1.34. The highest BCUT2D eigenvalue weighted by Crippen LogP contribution is 2.26. The van der Waals surface area contributed by atoms with Gasteiger partial charge in [-0.25, -0.2) is 4.98 Å². The fraction of sp³-hybridized carbons (Fsp3) is 0.0588. The molecule has 1 heterocycles. The molecule has 3 aromatic rings. The predicted octanol–water partition coefficient (Wildman–Crippen LogP) is 2.55. The molecule has 0 bridgehead atoms. The highest BCUT2D eigenvalue weighted by atomic mass is 16.1.